The van der Waals surface area contributed by atoms with Gasteiger partial charge in [-0.15, -0.1) is 0 Å². The van der Waals surface area contributed by atoms with E-state index in [9.17, 15) is 0 Å². The summed E-state index contributed by atoms with van der Waals surface area (Å²) in [4.78, 5) is 2.37. The lowest BCUT2D eigenvalue weighted by Crippen LogP contribution is -2.46. The highest BCUT2D eigenvalue weighted by molar-refractivity contribution is 7.80. The third-order valence-corrected chi connectivity index (χ3v) is 4.70. The van der Waals surface area contributed by atoms with Crippen molar-refractivity contribution in [2.45, 2.75) is 51.9 Å². The zero-order chi connectivity index (χ0) is 11.4. The van der Waals surface area contributed by atoms with E-state index in [1.54, 1.807) is 0 Å². The Bertz CT molecular complexity index is 236. The Morgan fingerprint density at radius 2 is 1.81 bits per heavy atom. The van der Waals surface area contributed by atoms with Crippen LogP contribution in [0.5, 0.6) is 0 Å². The van der Waals surface area contributed by atoms with Crippen molar-refractivity contribution < 1.29 is 0 Å². The standard InChI is InChI=1S/C13H24N2S/c1-2-9-14-12(16)15-10-7-13(8-11-15)5-3-4-6-13/h2-11H2,1H3,(H,14,16). The first-order valence-corrected chi connectivity index (χ1v) is 7.19. The third-order valence-electron chi connectivity index (χ3n) is 4.30. The molecule has 2 rings (SSSR count). The fourth-order valence-electron chi connectivity index (χ4n) is 3.15. The predicted octanol–water partition coefficient (Wildman–Crippen LogP) is 2.93. The molecule has 0 radical (unpaired) electrons. The van der Waals surface area contributed by atoms with Crippen LogP contribution in [-0.2, 0) is 0 Å². The van der Waals surface area contributed by atoms with Gasteiger partial charge in [-0.3, -0.25) is 0 Å². The fourth-order valence-corrected chi connectivity index (χ4v) is 3.44. The number of nitrogens with zero attached hydrogens (tertiary/aromatic N) is 1. The first kappa shape index (κ1) is 12.2. The first-order chi connectivity index (χ1) is 7.76. The molecule has 2 aliphatic rings. The highest BCUT2D eigenvalue weighted by atomic mass is 32.1. The van der Waals surface area contributed by atoms with Crippen LogP contribution in [0.2, 0.25) is 0 Å². The van der Waals surface area contributed by atoms with Gasteiger partial charge < -0.3 is 10.2 Å². The van der Waals surface area contributed by atoms with E-state index in [-0.39, 0.29) is 0 Å². The van der Waals surface area contributed by atoms with Crippen LogP contribution in [0.15, 0.2) is 0 Å². The Balaban J connectivity index is 1.78. The smallest absolute Gasteiger partial charge is 0.168 e. The van der Waals surface area contributed by atoms with Crippen molar-refractivity contribution in [3.8, 4) is 0 Å². The number of hydrogen-bond donors (Lipinski definition) is 1. The Kier molecular flexibility index (Phi) is 4.06. The number of rotatable bonds is 2. The summed E-state index contributed by atoms with van der Waals surface area (Å²) in [6.45, 7) is 5.55. The Labute approximate surface area is 105 Å². The van der Waals surface area contributed by atoms with Gasteiger partial charge in [0.25, 0.3) is 0 Å². The van der Waals surface area contributed by atoms with Gasteiger partial charge in [-0.05, 0) is 49.7 Å². The summed E-state index contributed by atoms with van der Waals surface area (Å²) in [7, 11) is 0. The van der Waals surface area contributed by atoms with Crippen molar-refractivity contribution >= 4 is 17.3 Å². The van der Waals surface area contributed by atoms with Crippen molar-refractivity contribution in [2.75, 3.05) is 19.6 Å². The van der Waals surface area contributed by atoms with Gasteiger partial charge in [-0.25, -0.2) is 0 Å². The minimum Gasteiger partial charge on any atom is -0.363 e. The molecule has 0 atom stereocenters. The molecule has 1 saturated carbocycles. The Morgan fingerprint density at radius 3 is 2.38 bits per heavy atom. The molecule has 0 aromatic rings. The van der Waals surface area contributed by atoms with Gasteiger partial charge >= 0.3 is 0 Å². The lowest BCUT2D eigenvalue weighted by atomic mass is 9.77. The average molecular weight is 240 g/mol. The summed E-state index contributed by atoms with van der Waals surface area (Å²) >= 11 is 5.42. The number of likely N-dealkylation sites (tertiary alicyclic amines) is 1. The summed E-state index contributed by atoms with van der Waals surface area (Å²) in [6, 6.07) is 0. The summed E-state index contributed by atoms with van der Waals surface area (Å²) in [5, 5.41) is 4.32. The molecule has 2 fully saturated rings. The summed E-state index contributed by atoms with van der Waals surface area (Å²) in [5.74, 6) is 0. The van der Waals surface area contributed by atoms with E-state index in [4.69, 9.17) is 12.2 Å². The molecule has 1 saturated heterocycles. The lowest BCUT2D eigenvalue weighted by molar-refractivity contribution is 0.153. The molecule has 1 aliphatic heterocycles. The van der Waals surface area contributed by atoms with Gasteiger partial charge in [0.15, 0.2) is 5.11 Å². The Morgan fingerprint density at radius 1 is 1.19 bits per heavy atom. The molecule has 3 heteroatoms. The average Bonchev–Trinajstić information content (AvgIpc) is 2.75. The second-order valence-electron chi connectivity index (χ2n) is 5.43. The zero-order valence-electron chi connectivity index (χ0n) is 10.4. The number of hydrogen-bond acceptors (Lipinski definition) is 1. The number of nitrogens with one attached hydrogen (secondary N) is 1. The molecular formula is C13H24N2S. The first-order valence-electron chi connectivity index (χ1n) is 6.79. The number of piperidine rings is 1. The van der Waals surface area contributed by atoms with E-state index in [0.29, 0.717) is 5.41 Å². The second-order valence-corrected chi connectivity index (χ2v) is 5.81. The van der Waals surface area contributed by atoms with Crippen molar-refractivity contribution in [1.29, 1.82) is 0 Å². The maximum atomic E-state index is 5.42. The Hall–Kier alpha value is -0.310. The fraction of sp³-hybridized carbons (Fsp3) is 0.923. The minimum absolute atomic E-state index is 0.705. The van der Waals surface area contributed by atoms with Crippen molar-refractivity contribution in [2.24, 2.45) is 5.41 Å². The highest BCUT2D eigenvalue weighted by Gasteiger charge is 2.37. The quantitative estimate of drug-likeness (QED) is 0.747. The van der Waals surface area contributed by atoms with Gasteiger partial charge in [0.2, 0.25) is 0 Å². The van der Waals surface area contributed by atoms with E-state index in [1.165, 1.54) is 51.6 Å². The molecule has 0 aromatic heterocycles. The van der Waals surface area contributed by atoms with Crippen LogP contribution < -0.4 is 5.32 Å². The van der Waals surface area contributed by atoms with E-state index in [2.05, 4.69) is 17.1 Å². The molecule has 0 unspecified atom stereocenters. The molecule has 92 valence electrons. The van der Waals surface area contributed by atoms with Crippen LogP contribution in [0, 0.1) is 5.41 Å². The number of thiocarbonyl (C=S) groups is 1. The predicted molar refractivity (Wildman–Crippen MR) is 72.6 cm³/mol. The molecule has 1 N–H and O–H groups in total. The van der Waals surface area contributed by atoms with Gasteiger partial charge in [-0.2, -0.15) is 0 Å². The molecule has 1 aliphatic carbocycles. The monoisotopic (exact) mass is 240 g/mol. The molecule has 1 spiro atoms. The van der Waals surface area contributed by atoms with Crippen LogP contribution in [0.4, 0.5) is 0 Å². The molecule has 0 aromatic carbocycles. The van der Waals surface area contributed by atoms with Crippen molar-refractivity contribution in [3.63, 3.8) is 0 Å². The molecule has 16 heavy (non-hydrogen) atoms. The van der Waals surface area contributed by atoms with Crippen molar-refractivity contribution in [1.82, 2.24) is 10.2 Å². The molecule has 0 bridgehead atoms. The van der Waals surface area contributed by atoms with Crippen LogP contribution in [0.25, 0.3) is 0 Å². The third kappa shape index (κ3) is 2.68. The minimum atomic E-state index is 0.705. The lowest BCUT2D eigenvalue weighted by Gasteiger charge is -2.40. The van der Waals surface area contributed by atoms with E-state index in [0.717, 1.165) is 18.1 Å². The van der Waals surface area contributed by atoms with E-state index in [1.807, 2.05) is 0 Å². The topological polar surface area (TPSA) is 15.3 Å². The molecular weight excluding hydrogens is 216 g/mol. The zero-order valence-corrected chi connectivity index (χ0v) is 11.2. The molecule has 2 nitrogen and oxygen atoms in total. The van der Waals surface area contributed by atoms with Crippen molar-refractivity contribution in [3.05, 3.63) is 0 Å². The van der Waals surface area contributed by atoms with Crippen LogP contribution >= 0.6 is 12.2 Å². The van der Waals surface area contributed by atoms with E-state index >= 15 is 0 Å². The van der Waals surface area contributed by atoms with Gasteiger partial charge in [-0.1, -0.05) is 19.8 Å². The maximum absolute atomic E-state index is 5.42. The van der Waals surface area contributed by atoms with Crippen LogP contribution in [-0.4, -0.2) is 29.6 Å². The van der Waals surface area contributed by atoms with E-state index < -0.39 is 0 Å². The van der Waals surface area contributed by atoms with Crippen LogP contribution in [0.1, 0.15) is 51.9 Å². The molecule has 0 amide bonds. The van der Waals surface area contributed by atoms with Crippen LogP contribution in [0.3, 0.4) is 0 Å². The van der Waals surface area contributed by atoms with Gasteiger partial charge in [0.1, 0.15) is 0 Å². The summed E-state index contributed by atoms with van der Waals surface area (Å²) < 4.78 is 0. The maximum Gasteiger partial charge on any atom is 0.168 e. The van der Waals surface area contributed by atoms with Gasteiger partial charge in [0.05, 0.1) is 0 Å². The summed E-state index contributed by atoms with van der Waals surface area (Å²) in [6.07, 6.45) is 9.73. The second kappa shape index (κ2) is 5.35. The van der Waals surface area contributed by atoms with Gasteiger partial charge in [0, 0.05) is 19.6 Å². The SMILES string of the molecule is CCCNC(=S)N1CCC2(CCCC2)CC1. The summed E-state index contributed by atoms with van der Waals surface area (Å²) in [5.41, 5.74) is 0.705. The normalized spacial score (nSPS) is 23.7. The molecule has 1 heterocycles. The highest BCUT2D eigenvalue weighted by Crippen LogP contribution is 2.45. The largest absolute Gasteiger partial charge is 0.363 e.